The van der Waals surface area contributed by atoms with Crippen molar-refractivity contribution < 1.29 is 27.8 Å². The molecule has 0 aliphatic carbocycles. The average molecular weight is 469 g/mol. The molecule has 178 valence electrons. The molecule has 34 heavy (non-hydrogen) atoms. The van der Waals surface area contributed by atoms with Crippen molar-refractivity contribution in [3.63, 3.8) is 0 Å². The van der Waals surface area contributed by atoms with E-state index in [9.17, 15) is 18.4 Å². The number of nitrogens with zero attached hydrogens (tertiary/aromatic N) is 1. The van der Waals surface area contributed by atoms with Crippen LogP contribution in [0.25, 0.3) is 10.8 Å². The van der Waals surface area contributed by atoms with Gasteiger partial charge in [-0.3, -0.25) is 9.59 Å². The number of hydrogen-bond donors (Lipinski definition) is 1. The molecule has 0 aromatic heterocycles. The lowest BCUT2D eigenvalue weighted by molar-refractivity contribution is -0.126. The van der Waals surface area contributed by atoms with E-state index in [-0.39, 0.29) is 35.8 Å². The Balaban J connectivity index is 1.32. The number of carbonyl (C=O) groups excluding carboxylic acids is 2. The lowest BCUT2D eigenvalue weighted by atomic mass is 9.94. The normalized spacial score (nSPS) is 14.3. The highest BCUT2D eigenvalue weighted by atomic mass is 19.3. The fourth-order valence-corrected chi connectivity index (χ4v) is 4.28. The Morgan fingerprint density at radius 3 is 2.50 bits per heavy atom. The molecule has 0 unspecified atom stereocenters. The van der Waals surface area contributed by atoms with Crippen molar-refractivity contribution in [2.24, 2.45) is 5.92 Å². The molecule has 0 radical (unpaired) electrons. The second-order valence-electron chi connectivity index (χ2n) is 8.17. The highest BCUT2D eigenvalue weighted by Gasteiger charge is 2.28. The van der Waals surface area contributed by atoms with E-state index in [1.807, 2.05) is 42.5 Å². The number of fused-ring (bicyclic) bond motifs is 1. The molecule has 3 aromatic carbocycles. The predicted octanol–water partition coefficient (Wildman–Crippen LogP) is 4.62. The van der Waals surface area contributed by atoms with Crippen molar-refractivity contribution in [1.82, 2.24) is 10.2 Å². The minimum atomic E-state index is -2.95. The van der Waals surface area contributed by atoms with Gasteiger partial charge < -0.3 is 19.7 Å². The molecule has 3 aromatic rings. The van der Waals surface area contributed by atoms with Gasteiger partial charge in [-0.2, -0.15) is 8.78 Å². The lowest BCUT2D eigenvalue weighted by Gasteiger charge is -2.31. The summed E-state index contributed by atoms with van der Waals surface area (Å²) < 4.78 is 34.5. The predicted molar refractivity (Wildman–Crippen MR) is 124 cm³/mol. The molecule has 6 nitrogen and oxygen atoms in total. The summed E-state index contributed by atoms with van der Waals surface area (Å²) in [4.78, 5) is 27.6. The Morgan fingerprint density at radius 2 is 1.76 bits per heavy atom. The van der Waals surface area contributed by atoms with Crippen LogP contribution in [0.2, 0.25) is 0 Å². The molecule has 4 rings (SSSR count). The molecule has 0 saturated carbocycles. The molecule has 1 fully saturated rings. The van der Waals surface area contributed by atoms with Gasteiger partial charge in [-0.15, -0.1) is 0 Å². The summed E-state index contributed by atoms with van der Waals surface area (Å²) in [6.07, 6.45) is 1.15. The van der Waals surface area contributed by atoms with Gasteiger partial charge in [0.1, 0.15) is 0 Å². The first-order valence-electron chi connectivity index (χ1n) is 11.1. The quantitative estimate of drug-likeness (QED) is 0.550. The third-order valence-electron chi connectivity index (χ3n) is 6.08. The first kappa shape index (κ1) is 23.5. The van der Waals surface area contributed by atoms with Crippen LogP contribution in [0.1, 0.15) is 28.8 Å². The Kier molecular flexibility index (Phi) is 7.25. The van der Waals surface area contributed by atoms with Gasteiger partial charge in [0.2, 0.25) is 5.91 Å². The van der Waals surface area contributed by atoms with Crippen molar-refractivity contribution in [1.29, 1.82) is 0 Å². The van der Waals surface area contributed by atoms with E-state index in [1.54, 1.807) is 17.0 Å². The Bertz CT molecular complexity index is 1170. The van der Waals surface area contributed by atoms with E-state index < -0.39 is 6.61 Å². The van der Waals surface area contributed by atoms with Crippen molar-refractivity contribution in [2.45, 2.75) is 26.0 Å². The number of carbonyl (C=O) groups is 2. The molecular weight excluding hydrogens is 442 g/mol. The van der Waals surface area contributed by atoms with Crippen LogP contribution < -0.4 is 14.8 Å². The molecule has 1 aliphatic rings. The molecule has 1 saturated heterocycles. The molecule has 2 amide bonds. The summed E-state index contributed by atoms with van der Waals surface area (Å²) in [6.45, 7) is -1.70. The zero-order valence-corrected chi connectivity index (χ0v) is 18.8. The van der Waals surface area contributed by atoms with Gasteiger partial charge in [-0.05, 0) is 47.4 Å². The van der Waals surface area contributed by atoms with Gasteiger partial charge in [0.15, 0.2) is 11.5 Å². The van der Waals surface area contributed by atoms with E-state index in [0.717, 1.165) is 10.8 Å². The highest BCUT2D eigenvalue weighted by molar-refractivity contribution is 6.07. The van der Waals surface area contributed by atoms with Crippen molar-refractivity contribution >= 4 is 22.6 Å². The number of alkyl halides is 2. The van der Waals surface area contributed by atoms with Crippen LogP contribution in [0.3, 0.4) is 0 Å². The van der Waals surface area contributed by atoms with E-state index in [2.05, 4.69) is 10.1 Å². The standard InChI is InChI=1S/C26H26F2N2O4/c1-33-23-15-17(9-10-22(23)34-26(27)28)16-29-24(31)19-11-13-30(14-12-19)25(32)21-8-4-6-18-5-2-3-7-20(18)21/h2-10,15,19,26H,11-14,16H2,1H3,(H,29,31). The van der Waals surface area contributed by atoms with Crippen molar-refractivity contribution in [2.75, 3.05) is 20.2 Å². The molecule has 0 atom stereocenters. The molecule has 0 bridgehead atoms. The molecule has 1 N–H and O–H groups in total. The molecule has 1 aliphatic heterocycles. The third-order valence-corrected chi connectivity index (χ3v) is 6.08. The summed E-state index contributed by atoms with van der Waals surface area (Å²) >= 11 is 0. The number of piperidine rings is 1. The van der Waals surface area contributed by atoms with Crippen molar-refractivity contribution in [3.05, 3.63) is 71.8 Å². The zero-order valence-electron chi connectivity index (χ0n) is 18.8. The fraction of sp³-hybridized carbons (Fsp3) is 0.308. The molecule has 0 spiro atoms. The second-order valence-corrected chi connectivity index (χ2v) is 8.17. The summed E-state index contributed by atoms with van der Waals surface area (Å²) in [5.74, 6) is -0.194. The third kappa shape index (κ3) is 5.27. The minimum absolute atomic E-state index is 0.0196. The zero-order chi connectivity index (χ0) is 24.1. The van der Waals surface area contributed by atoms with E-state index in [1.165, 1.54) is 13.2 Å². The van der Waals surface area contributed by atoms with Crippen LogP contribution in [-0.2, 0) is 11.3 Å². The summed E-state index contributed by atoms with van der Waals surface area (Å²) in [5, 5.41) is 4.84. The van der Waals surface area contributed by atoms with E-state index in [0.29, 0.717) is 37.1 Å². The van der Waals surface area contributed by atoms with Crippen LogP contribution in [0, 0.1) is 5.92 Å². The van der Waals surface area contributed by atoms with Gasteiger partial charge in [0.05, 0.1) is 7.11 Å². The number of halogens is 2. The Morgan fingerprint density at radius 1 is 1.03 bits per heavy atom. The molecule has 1 heterocycles. The number of likely N-dealkylation sites (tertiary alicyclic amines) is 1. The van der Waals surface area contributed by atoms with E-state index >= 15 is 0 Å². The second kappa shape index (κ2) is 10.5. The smallest absolute Gasteiger partial charge is 0.387 e. The largest absolute Gasteiger partial charge is 0.493 e. The first-order chi connectivity index (χ1) is 16.5. The van der Waals surface area contributed by atoms with Crippen LogP contribution in [0.4, 0.5) is 8.78 Å². The van der Waals surface area contributed by atoms with Crippen LogP contribution in [0.15, 0.2) is 60.7 Å². The van der Waals surface area contributed by atoms with Gasteiger partial charge in [0.25, 0.3) is 5.91 Å². The topological polar surface area (TPSA) is 67.9 Å². The van der Waals surface area contributed by atoms with Gasteiger partial charge in [-0.25, -0.2) is 0 Å². The van der Waals surface area contributed by atoms with Gasteiger partial charge in [-0.1, -0.05) is 42.5 Å². The van der Waals surface area contributed by atoms with Gasteiger partial charge in [0, 0.05) is 31.1 Å². The van der Waals surface area contributed by atoms with Crippen LogP contribution >= 0.6 is 0 Å². The number of nitrogens with one attached hydrogen (secondary N) is 1. The number of benzene rings is 3. The SMILES string of the molecule is COc1cc(CNC(=O)C2CCN(C(=O)c3cccc4ccccc34)CC2)ccc1OC(F)F. The van der Waals surface area contributed by atoms with Crippen molar-refractivity contribution in [3.8, 4) is 11.5 Å². The number of hydrogen-bond acceptors (Lipinski definition) is 4. The summed E-state index contributed by atoms with van der Waals surface area (Å²) in [5.41, 5.74) is 1.38. The first-order valence-corrected chi connectivity index (χ1v) is 11.1. The highest BCUT2D eigenvalue weighted by Crippen LogP contribution is 2.29. The summed E-state index contributed by atoms with van der Waals surface area (Å²) in [7, 11) is 1.36. The minimum Gasteiger partial charge on any atom is -0.493 e. The number of methoxy groups -OCH3 is 1. The lowest BCUT2D eigenvalue weighted by Crippen LogP contribution is -2.43. The average Bonchev–Trinajstić information content (AvgIpc) is 2.87. The number of rotatable bonds is 7. The maximum Gasteiger partial charge on any atom is 0.387 e. The Hall–Kier alpha value is -3.68. The maximum atomic E-state index is 13.1. The number of ether oxygens (including phenoxy) is 2. The summed E-state index contributed by atoms with van der Waals surface area (Å²) in [6, 6.07) is 18.1. The number of amides is 2. The van der Waals surface area contributed by atoms with Crippen LogP contribution in [0.5, 0.6) is 11.5 Å². The molecule has 8 heteroatoms. The monoisotopic (exact) mass is 468 g/mol. The maximum absolute atomic E-state index is 13.1. The van der Waals surface area contributed by atoms with E-state index in [4.69, 9.17) is 4.74 Å². The fourth-order valence-electron chi connectivity index (χ4n) is 4.28. The molecular formula is C26H26F2N2O4. The van der Waals surface area contributed by atoms with Gasteiger partial charge >= 0.3 is 6.61 Å². The van der Waals surface area contributed by atoms with Crippen LogP contribution in [-0.4, -0.2) is 43.5 Å². The Labute approximate surface area is 196 Å².